The van der Waals surface area contributed by atoms with Crippen molar-refractivity contribution in [1.82, 2.24) is 5.16 Å². The molecule has 23 heavy (non-hydrogen) atoms. The number of allylic oxidation sites excluding steroid dienone is 1. The molecule has 0 bridgehead atoms. The molecule has 0 atom stereocenters. The molecule has 0 aliphatic carbocycles. The van der Waals surface area contributed by atoms with Crippen molar-refractivity contribution in [3.05, 3.63) is 47.0 Å². The molecule has 1 amide bonds. The van der Waals surface area contributed by atoms with E-state index in [0.717, 1.165) is 0 Å². The highest BCUT2D eigenvalue weighted by Gasteiger charge is 2.26. The number of hydrogen-bond donors (Lipinski definition) is 1. The zero-order valence-corrected chi connectivity index (χ0v) is 13.4. The van der Waals surface area contributed by atoms with E-state index in [4.69, 9.17) is 20.9 Å². The Labute approximate surface area is 138 Å². The Hall–Kier alpha value is -2.60. The summed E-state index contributed by atoms with van der Waals surface area (Å²) >= 11 is 5.86. The zero-order chi connectivity index (χ0) is 16.8. The molecule has 0 aliphatic heterocycles. The third-order valence-electron chi connectivity index (χ3n) is 2.84. The molecule has 7 heteroatoms. The lowest BCUT2D eigenvalue weighted by atomic mass is 10.1. The lowest BCUT2D eigenvalue weighted by Gasteiger charge is -2.04. The molecule has 0 radical (unpaired) electrons. The fourth-order valence-corrected chi connectivity index (χ4v) is 2.00. The van der Waals surface area contributed by atoms with Crippen molar-refractivity contribution in [2.75, 3.05) is 11.9 Å². The van der Waals surface area contributed by atoms with Crippen molar-refractivity contribution in [3.63, 3.8) is 0 Å². The van der Waals surface area contributed by atoms with E-state index in [-0.39, 0.29) is 23.7 Å². The van der Waals surface area contributed by atoms with Gasteiger partial charge in [-0.05, 0) is 32.1 Å². The van der Waals surface area contributed by atoms with Crippen molar-refractivity contribution in [2.45, 2.75) is 13.8 Å². The predicted octanol–water partition coefficient (Wildman–Crippen LogP) is 3.69. The lowest BCUT2D eigenvalue weighted by molar-refractivity contribution is -0.112. The van der Waals surface area contributed by atoms with E-state index in [9.17, 15) is 9.59 Å². The molecule has 2 rings (SSSR count). The highest BCUT2D eigenvalue weighted by atomic mass is 35.5. The number of carbonyl (C=O) groups excluding carboxylic acids is 2. The SMILES string of the molecule is C/C=C/C(=O)Nc1onc(-c2ccc(Cl)cc2)c1C(=O)OCC. The number of anilines is 1. The minimum atomic E-state index is -0.630. The fourth-order valence-electron chi connectivity index (χ4n) is 1.88. The van der Waals surface area contributed by atoms with Crippen LogP contribution >= 0.6 is 11.6 Å². The van der Waals surface area contributed by atoms with E-state index in [2.05, 4.69) is 10.5 Å². The molecule has 6 nitrogen and oxygen atoms in total. The van der Waals surface area contributed by atoms with Gasteiger partial charge in [0.15, 0.2) is 5.56 Å². The number of benzene rings is 1. The zero-order valence-electron chi connectivity index (χ0n) is 12.6. The van der Waals surface area contributed by atoms with Crippen molar-refractivity contribution >= 4 is 29.4 Å². The topological polar surface area (TPSA) is 81.4 Å². The fraction of sp³-hybridized carbons (Fsp3) is 0.188. The van der Waals surface area contributed by atoms with Gasteiger partial charge in [-0.3, -0.25) is 10.1 Å². The number of rotatable bonds is 5. The van der Waals surface area contributed by atoms with Crippen molar-refractivity contribution < 1.29 is 18.8 Å². The standard InChI is InChI=1S/C16H15ClN2O4/c1-3-5-12(20)18-15-13(16(21)22-4-2)14(19-23-15)10-6-8-11(17)9-7-10/h3,5-9H,4H2,1-2H3,(H,18,20)/b5-3+. The number of nitrogens with one attached hydrogen (secondary N) is 1. The molecular formula is C16H15ClN2O4. The minimum Gasteiger partial charge on any atom is -0.462 e. The van der Waals surface area contributed by atoms with Crippen LogP contribution in [-0.4, -0.2) is 23.6 Å². The van der Waals surface area contributed by atoms with Crippen LogP contribution in [0.3, 0.4) is 0 Å². The molecule has 0 unspecified atom stereocenters. The first-order valence-electron chi connectivity index (χ1n) is 6.93. The highest BCUT2D eigenvalue weighted by molar-refractivity contribution is 6.30. The number of hydrogen-bond acceptors (Lipinski definition) is 5. The molecule has 0 spiro atoms. The Kier molecular flexibility index (Phi) is 5.54. The van der Waals surface area contributed by atoms with Crippen LogP contribution in [0.25, 0.3) is 11.3 Å². The van der Waals surface area contributed by atoms with Gasteiger partial charge in [0.2, 0.25) is 11.8 Å². The summed E-state index contributed by atoms with van der Waals surface area (Å²) in [4.78, 5) is 23.9. The number of aromatic nitrogens is 1. The smallest absolute Gasteiger partial charge is 0.346 e. The quantitative estimate of drug-likeness (QED) is 0.666. The molecule has 0 saturated carbocycles. The largest absolute Gasteiger partial charge is 0.462 e. The number of amides is 1. The summed E-state index contributed by atoms with van der Waals surface area (Å²) in [5.41, 5.74) is 0.954. The second-order valence-corrected chi connectivity index (χ2v) is 4.89. The molecule has 1 aromatic carbocycles. The second-order valence-electron chi connectivity index (χ2n) is 4.45. The number of ether oxygens (including phenoxy) is 1. The molecule has 1 heterocycles. The number of halogens is 1. The van der Waals surface area contributed by atoms with E-state index in [1.807, 2.05) is 0 Å². The maximum Gasteiger partial charge on any atom is 0.346 e. The molecule has 0 saturated heterocycles. The summed E-state index contributed by atoms with van der Waals surface area (Å²) < 4.78 is 10.1. The van der Waals surface area contributed by atoms with Crippen LogP contribution in [0.5, 0.6) is 0 Å². The summed E-state index contributed by atoms with van der Waals surface area (Å²) in [5.74, 6) is -1.12. The van der Waals surface area contributed by atoms with Crippen molar-refractivity contribution in [2.24, 2.45) is 0 Å². The molecule has 0 fully saturated rings. The van der Waals surface area contributed by atoms with Gasteiger partial charge in [0, 0.05) is 10.6 Å². The van der Waals surface area contributed by atoms with Crippen LogP contribution in [-0.2, 0) is 9.53 Å². The number of carbonyl (C=O) groups is 2. The summed E-state index contributed by atoms with van der Waals surface area (Å²) in [7, 11) is 0. The molecular weight excluding hydrogens is 320 g/mol. The summed E-state index contributed by atoms with van der Waals surface area (Å²) in [6.45, 7) is 3.57. The summed E-state index contributed by atoms with van der Waals surface area (Å²) in [6, 6.07) is 6.72. The number of nitrogens with zero attached hydrogens (tertiary/aromatic N) is 1. The molecule has 120 valence electrons. The third-order valence-corrected chi connectivity index (χ3v) is 3.10. The van der Waals surface area contributed by atoms with E-state index in [0.29, 0.717) is 10.6 Å². The third kappa shape index (κ3) is 3.98. The van der Waals surface area contributed by atoms with Gasteiger partial charge in [0.25, 0.3) is 0 Å². The van der Waals surface area contributed by atoms with Gasteiger partial charge in [0.05, 0.1) is 6.61 Å². The first-order chi connectivity index (χ1) is 11.1. The molecule has 1 N–H and O–H groups in total. The monoisotopic (exact) mass is 334 g/mol. The van der Waals surface area contributed by atoms with Crippen LogP contribution in [0.15, 0.2) is 40.9 Å². The Morgan fingerprint density at radius 1 is 1.35 bits per heavy atom. The minimum absolute atomic E-state index is 0.0588. The molecule has 2 aromatic rings. The average molecular weight is 335 g/mol. The Bertz CT molecular complexity index is 735. The predicted molar refractivity (Wildman–Crippen MR) is 86.3 cm³/mol. The first kappa shape index (κ1) is 16.8. The Balaban J connectivity index is 2.46. The Morgan fingerprint density at radius 3 is 2.65 bits per heavy atom. The normalized spacial score (nSPS) is 10.7. The maximum atomic E-state index is 12.2. The summed E-state index contributed by atoms with van der Waals surface area (Å²) in [5, 5.41) is 6.90. The van der Waals surface area contributed by atoms with E-state index in [1.165, 1.54) is 6.08 Å². The van der Waals surface area contributed by atoms with E-state index in [1.54, 1.807) is 44.2 Å². The van der Waals surface area contributed by atoms with Crippen molar-refractivity contribution in [1.29, 1.82) is 0 Å². The van der Waals surface area contributed by atoms with E-state index >= 15 is 0 Å². The van der Waals surface area contributed by atoms with Gasteiger partial charge >= 0.3 is 5.97 Å². The van der Waals surface area contributed by atoms with Gasteiger partial charge in [-0.15, -0.1) is 0 Å². The van der Waals surface area contributed by atoms with Crippen LogP contribution in [0.4, 0.5) is 5.88 Å². The second kappa shape index (κ2) is 7.60. The van der Waals surface area contributed by atoms with E-state index < -0.39 is 11.9 Å². The van der Waals surface area contributed by atoms with Crippen molar-refractivity contribution in [3.8, 4) is 11.3 Å². The van der Waals surface area contributed by atoms with Crippen LogP contribution in [0, 0.1) is 0 Å². The summed E-state index contributed by atoms with van der Waals surface area (Å²) in [6.07, 6.45) is 2.87. The van der Waals surface area contributed by atoms with Crippen LogP contribution in [0.2, 0.25) is 5.02 Å². The maximum absolute atomic E-state index is 12.2. The number of esters is 1. The van der Waals surface area contributed by atoms with Crippen LogP contribution in [0.1, 0.15) is 24.2 Å². The van der Waals surface area contributed by atoms with Gasteiger partial charge in [-0.1, -0.05) is 35.0 Å². The Morgan fingerprint density at radius 2 is 2.04 bits per heavy atom. The first-order valence-corrected chi connectivity index (χ1v) is 7.31. The average Bonchev–Trinajstić information content (AvgIpc) is 2.92. The van der Waals surface area contributed by atoms with Gasteiger partial charge in [-0.2, -0.15) is 0 Å². The van der Waals surface area contributed by atoms with Gasteiger partial charge in [-0.25, -0.2) is 4.79 Å². The lowest BCUT2D eigenvalue weighted by Crippen LogP contribution is -2.13. The van der Waals surface area contributed by atoms with Gasteiger partial charge in [0.1, 0.15) is 5.69 Å². The van der Waals surface area contributed by atoms with Gasteiger partial charge < -0.3 is 9.26 Å². The molecule has 1 aromatic heterocycles. The highest BCUT2D eigenvalue weighted by Crippen LogP contribution is 2.30. The molecule has 0 aliphatic rings. The van der Waals surface area contributed by atoms with Crippen LogP contribution < -0.4 is 5.32 Å².